The summed E-state index contributed by atoms with van der Waals surface area (Å²) < 4.78 is 15.1. The van der Waals surface area contributed by atoms with Crippen LogP contribution < -0.4 is 16.8 Å². The Bertz CT molecular complexity index is 1220. The minimum Gasteiger partial charge on any atom is -0.505 e. The van der Waals surface area contributed by atoms with Gasteiger partial charge in [-0.15, -0.1) is 0 Å². The van der Waals surface area contributed by atoms with E-state index in [2.05, 4.69) is 5.32 Å². The van der Waals surface area contributed by atoms with E-state index in [1.165, 1.54) is 0 Å². The van der Waals surface area contributed by atoms with Crippen molar-refractivity contribution >= 4 is 40.6 Å². The highest BCUT2D eigenvalue weighted by Gasteiger charge is 2.61. The fraction of sp³-hybridized carbons (Fsp3) is 0.500. The Morgan fingerprint density at radius 2 is 1.83 bits per heavy atom. The second-order valence-corrected chi connectivity index (χ2v) is 9.60. The van der Waals surface area contributed by atoms with Crippen molar-refractivity contribution in [2.75, 3.05) is 25.5 Å². The van der Waals surface area contributed by atoms with E-state index < -0.39 is 94.3 Å². The van der Waals surface area contributed by atoms with E-state index in [1.807, 2.05) is 0 Å². The molecule has 3 aliphatic carbocycles. The number of aromatic hydroxyl groups is 1. The van der Waals surface area contributed by atoms with E-state index in [4.69, 9.17) is 11.5 Å². The molecule has 1 aromatic rings. The SMILES string of the molecule is CCN(C)C1C(=O)C(C(N)=O)C(=O)C2C(=O)C3C(=O)c4c(O)c(NC(=O)CN)cc(F)c4CC3CC21. The van der Waals surface area contributed by atoms with E-state index in [1.54, 1.807) is 18.9 Å². The van der Waals surface area contributed by atoms with Crippen molar-refractivity contribution in [3.63, 3.8) is 0 Å². The molecule has 3 aliphatic rings. The van der Waals surface area contributed by atoms with Crippen molar-refractivity contribution in [3.05, 3.63) is 23.0 Å². The lowest BCUT2D eigenvalue weighted by molar-refractivity contribution is -0.157. The molecule has 0 bridgehead atoms. The van der Waals surface area contributed by atoms with Gasteiger partial charge in [0, 0.05) is 11.6 Å². The van der Waals surface area contributed by atoms with Crippen LogP contribution in [0, 0.1) is 35.4 Å². The highest BCUT2D eigenvalue weighted by molar-refractivity contribution is 6.28. The first-order valence-corrected chi connectivity index (χ1v) is 11.6. The average Bonchev–Trinajstić information content (AvgIpc) is 2.81. The Hall–Kier alpha value is -3.51. The fourth-order valence-electron chi connectivity index (χ4n) is 6.05. The number of likely N-dealkylation sites (N-methyl/N-ethyl adjacent to an activating group) is 1. The third-order valence-electron chi connectivity index (χ3n) is 7.73. The summed E-state index contributed by atoms with van der Waals surface area (Å²) in [5.74, 6) is -12.9. The number of hydrogen-bond donors (Lipinski definition) is 4. The predicted molar refractivity (Wildman–Crippen MR) is 122 cm³/mol. The van der Waals surface area contributed by atoms with Gasteiger partial charge in [0.2, 0.25) is 11.8 Å². The van der Waals surface area contributed by atoms with E-state index in [9.17, 15) is 33.9 Å². The van der Waals surface area contributed by atoms with Crippen LogP contribution >= 0.6 is 0 Å². The number of phenolic OH excluding ortho intramolecular Hbond substituents is 1. The van der Waals surface area contributed by atoms with Gasteiger partial charge in [0.05, 0.1) is 35.7 Å². The van der Waals surface area contributed by atoms with E-state index in [0.717, 1.165) is 6.07 Å². The van der Waals surface area contributed by atoms with Crippen LogP contribution in [-0.4, -0.2) is 71.1 Å². The molecule has 2 saturated carbocycles. The van der Waals surface area contributed by atoms with Crippen LogP contribution in [0.5, 0.6) is 5.75 Å². The molecule has 6 N–H and O–H groups in total. The van der Waals surface area contributed by atoms with Gasteiger partial charge in [-0.05, 0) is 38.3 Å². The molecule has 1 aromatic carbocycles. The lowest BCUT2D eigenvalue weighted by Gasteiger charge is -2.49. The zero-order chi connectivity index (χ0) is 26.6. The van der Waals surface area contributed by atoms with E-state index >= 15 is 4.39 Å². The number of halogens is 1. The molecule has 12 heteroatoms. The second kappa shape index (κ2) is 9.17. The molecule has 0 aromatic heterocycles. The number of benzene rings is 1. The number of hydrogen-bond acceptors (Lipinski definition) is 9. The van der Waals surface area contributed by atoms with Gasteiger partial charge in [0.15, 0.2) is 29.1 Å². The minimum absolute atomic E-state index is 0.0794. The number of rotatable bonds is 5. The van der Waals surface area contributed by atoms with Gasteiger partial charge in [0.25, 0.3) is 0 Å². The molecule has 0 aliphatic heterocycles. The average molecular weight is 502 g/mol. The zero-order valence-electron chi connectivity index (χ0n) is 19.7. The van der Waals surface area contributed by atoms with E-state index in [-0.39, 0.29) is 24.1 Å². The predicted octanol–water partition coefficient (Wildman–Crippen LogP) is -0.821. The van der Waals surface area contributed by atoms with Crippen molar-refractivity contribution in [1.82, 2.24) is 4.90 Å². The number of carbonyl (C=O) groups excluding carboxylic acids is 6. The third kappa shape index (κ3) is 3.71. The zero-order valence-corrected chi connectivity index (χ0v) is 19.7. The third-order valence-corrected chi connectivity index (χ3v) is 7.73. The summed E-state index contributed by atoms with van der Waals surface area (Å²) in [6.45, 7) is 1.70. The summed E-state index contributed by atoms with van der Waals surface area (Å²) in [7, 11) is 1.63. The topological polar surface area (TPSA) is 190 Å². The first kappa shape index (κ1) is 25.6. The number of Topliss-reactive ketones (excluding diaryl/α,β-unsaturated/α-hetero) is 4. The standard InChI is InChI=1S/C24H27FN4O7/c1-3-29(2)18-10-5-8-4-9-11(25)6-12(28-13(30)7-26)19(31)15(9)20(32)14(8)21(33)16(10)22(34)17(23(18)35)24(27)36/h6,8,10,14,16-18,31H,3-5,7,26H2,1-2H3,(H2,27,36)(H,28,30). The Morgan fingerprint density at radius 3 is 2.42 bits per heavy atom. The van der Waals surface area contributed by atoms with Crippen LogP contribution in [0.25, 0.3) is 0 Å². The molecule has 11 nitrogen and oxygen atoms in total. The maximum Gasteiger partial charge on any atom is 0.238 e. The lowest BCUT2D eigenvalue weighted by Crippen LogP contribution is -2.65. The molecule has 4 rings (SSSR count). The van der Waals surface area contributed by atoms with Crippen LogP contribution in [-0.2, 0) is 30.4 Å². The number of ketones is 4. The van der Waals surface area contributed by atoms with Gasteiger partial charge in [-0.2, -0.15) is 0 Å². The van der Waals surface area contributed by atoms with Crippen LogP contribution in [0.3, 0.4) is 0 Å². The molecule has 0 heterocycles. The summed E-state index contributed by atoms with van der Waals surface area (Å²) >= 11 is 0. The molecule has 2 fully saturated rings. The van der Waals surface area contributed by atoms with Crippen molar-refractivity contribution in [2.24, 2.45) is 41.1 Å². The van der Waals surface area contributed by atoms with E-state index in [0.29, 0.717) is 6.54 Å². The van der Waals surface area contributed by atoms with Gasteiger partial charge in [-0.3, -0.25) is 33.7 Å². The fourth-order valence-corrected chi connectivity index (χ4v) is 6.05. The molecular formula is C24H27FN4O7. The maximum atomic E-state index is 15.1. The second-order valence-electron chi connectivity index (χ2n) is 9.60. The number of fused-ring (bicyclic) bond motifs is 3. The maximum absolute atomic E-state index is 15.1. The lowest BCUT2D eigenvalue weighted by atomic mass is 9.54. The minimum atomic E-state index is -1.80. The highest BCUT2D eigenvalue weighted by atomic mass is 19.1. The van der Waals surface area contributed by atoms with Crippen LogP contribution in [0.4, 0.5) is 10.1 Å². The number of primary amides is 1. The van der Waals surface area contributed by atoms with Gasteiger partial charge >= 0.3 is 0 Å². The normalized spacial score (nSPS) is 29.5. The molecule has 0 saturated heterocycles. The first-order chi connectivity index (χ1) is 16.9. The number of phenols is 1. The Balaban J connectivity index is 1.81. The van der Waals surface area contributed by atoms with Crippen molar-refractivity contribution in [3.8, 4) is 5.75 Å². The molecular weight excluding hydrogens is 475 g/mol. The molecule has 2 amide bonds. The van der Waals surface area contributed by atoms with Gasteiger partial charge < -0.3 is 21.9 Å². The quantitative estimate of drug-likeness (QED) is 0.294. The van der Waals surface area contributed by atoms with Crippen LogP contribution in [0.2, 0.25) is 0 Å². The molecule has 0 spiro atoms. The van der Waals surface area contributed by atoms with Gasteiger partial charge in [0.1, 0.15) is 11.6 Å². The van der Waals surface area contributed by atoms with Crippen molar-refractivity contribution in [1.29, 1.82) is 0 Å². The molecule has 0 radical (unpaired) electrons. The van der Waals surface area contributed by atoms with Gasteiger partial charge in [-0.25, -0.2) is 4.39 Å². The molecule has 192 valence electrons. The number of anilines is 1. The molecule has 6 unspecified atom stereocenters. The summed E-state index contributed by atoms with van der Waals surface area (Å²) in [5.41, 5.74) is 9.68. The summed E-state index contributed by atoms with van der Waals surface area (Å²) in [6, 6.07) is -0.0784. The largest absolute Gasteiger partial charge is 0.505 e. The number of nitrogens with one attached hydrogen (secondary N) is 1. The Labute approximate surface area is 205 Å². The molecule has 36 heavy (non-hydrogen) atoms. The Kier molecular flexibility index (Phi) is 6.52. The van der Waals surface area contributed by atoms with Crippen molar-refractivity contribution in [2.45, 2.75) is 25.8 Å². The van der Waals surface area contributed by atoms with Crippen LogP contribution in [0.1, 0.15) is 29.3 Å². The van der Waals surface area contributed by atoms with Gasteiger partial charge in [-0.1, -0.05) is 6.92 Å². The summed E-state index contributed by atoms with van der Waals surface area (Å²) in [4.78, 5) is 78.8. The number of nitrogens with zero attached hydrogens (tertiary/aromatic N) is 1. The highest BCUT2D eigenvalue weighted by Crippen LogP contribution is 2.50. The summed E-state index contributed by atoms with van der Waals surface area (Å²) in [5, 5.41) is 12.9. The molecule has 6 atom stereocenters. The Morgan fingerprint density at radius 1 is 1.17 bits per heavy atom. The summed E-state index contributed by atoms with van der Waals surface area (Å²) in [6.07, 6.45) is -0.0223. The monoisotopic (exact) mass is 502 g/mol. The first-order valence-electron chi connectivity index (χ1n) is 11.6. The number of carbonyl (C=O) groups is 6. The number of nitrogens with two attached hydrogens (primary N) is 2. The van der Waals surface area contributed by atoms with Crippen LogP contribution in [0.15, 0.2) is 6.07 Å². The van der Waals surface area contributed by atoms with Crippen molar-refractivity contribution < 1.29 is 38.3 Å². The smallest absolute Gasteiger partial charge is 0.238 e. The number of amides is 2.